The molecule has 3 rings (SSSR count). The molecule has 0 aromatic heterocycles. The number of hydrogen-bond donors (Lipinski definition) is 1. The van der Waals surface area contributed by atoms with Crippen LogP contribution in [0.15, 0.2) is 54.1 Å². The number of carbonyl (C=O) groups excluding carboxylic acids is 2. The highest BCUT2D eigenvalue weighted by molar-refractivity contribution is 6.46. The fraction of sp³-hybridized carbons (Fsp3) is 0.238. The average Bonchev–Trinajstić information content (AvgIpc) is 2.91. The molecule has 1 heterocycles. The number of methoxy groups -OCH3 is 1. The van der Waals surface area contributed by atoms with Gasteiger partial charge in [0, 0.05) is 24.2 Å². The van der Waals surface area contributed by atoms with Crippen molar-refractivity contribution in [1.29, 1.82) is 0 Å². The maximum absolute atomic E-state index is 12.7. The summed E-state index contributed by atoms with van der Waals surface area (Å²) in [7, 11) is 1.53. The van der Waals surface area contributed by atoms with Crippen LogP contribution in [0.5, 0.6) is 0 Å². The number of ether oxygens (including phenoxy) is 1. The summed E-state index contributed by atoms with van der Waals surface area (Å²) in [6, 6.07) is 13.4. The van der Waals surface area contributed by atoms with Crippen molar-refractivity contribution >= 4 is 29.1 Å². The van der Waals surface area contributed by atoms with Crippen LogP contribution in [0.3, 0.4) is 0 Å². The molecule has 2 aromatic rings. The van der Waals surface area contributed by atoms with Gasteiger partial charge in [0.2, 0.25) is 0 Å². The lowest BCUT2D eigenvalue weighted by Gasteiger charge is -2.25. The van der Waals surface area contributed by atoms with Crippen LogP contribution < -0.4 is 0 Å². The predicted molar refractivity (Wildman–Crippen MR) is 104 cm³/mol. The molecule has 0 saturated carbocycles. The van der Waals surface area contributed by atoms with Gasteiger partial charge in [-0.15, -0.1) is 0 Å². The summed E-state index contributed by atoms with van der Waals surface area (Å²) >= 11 is 5.91. The highest BCUT2D eigenvalue weighted by Gasteiger charge is 2.45. The average molecular weight is 386 g/mol. The molecule has 140 valence electrons. The third-order valence-electron chi connectivity index (χ3n) is 4.59. The third-order valence-corrected chi connectivity index (χ3v) is 4.84. The minimum absolute atomic E-state index is 0.0716. The number of nitrogens with zero attached hydrogens (tertiary/aromatic N) is 1. The number of aryl methyl sites for hydroxylation is 1. The molecular formula is C21H20ClNO4. The summed E-state index contributed by atoms with van der Waals surface area (Å²) in [6.45, 7) is 2.49. The van der Waals surface area contributed by atoms with Crippen LogP contribution in [0.25, 0.3) is 5.76 Å². The molecule has 1 atom stereocenters. The van der Waals surface area contributed by atoms with Crippen molar-refractivity contribution in [2.75, 3.05) is 20.3 Å². The number of amides is 1. The number of benzene rings is 2. The van der Waals surface area contributed by atoms with E-state index in [1.165, 1.54) is 12.0 Å². The van der Waals surface area contributed by atoms with Gasteiger partial charge in [-0.3, -0.25) is 9.59 Å². The second-order valence-electron chi connectivity index (χ2n) is 6.40. The van der Waals surface area contributed by atoms with E-state index in [1.54, 1.807) is 24.3 Å². The lowest BCUT2D eigenvalue weighted by molar-refractivity contribution is -0.140. The molecule has 6 heteroatoms. The summed E-state index contributed by atoms with van der Waals surface area (Å²) < 4.78 is 5.09. The van der Waals surface area contributed by atoms with Crippen LogP contribution in [-0.4, -0.2) is 42.0 Å². The molecule has 0 aliphatic carbocycles. The van der Waals surface area contributed by atoms with E-state index < -0.39 is 17.7 Å². The minimum Gasteiger partial charge on any atom is -0.507 e. The first-order chi connectivity index (χ1) is 12.9. The van der Waals surface area contributed by atoms with Crippen molar-refractivity contribution in [2.24, 2.45) is 0 Å². The number of carbonyl (C=O) groups is 2. The van der Waals surface area contributed by atoms with Crippen LogP contribution in [0.4, 0.5) is 0 Å². The first-order valence-corrected chi connectivity index (χ1v) is 8.91. The Morgan fingerprint density at radius 1 is 1.11 bits per heavy atom. The second kappa shape index (κ2) is 7.94. The minimum atomic E-state index is -0.705. The highest BCUT2D eigenvalue weighted by atomic mass is 35.5. The number of aliphatic hydroxyl groups excluding tert-OH is 1. The van der Waals surface area contributed by atoms with Crippen molar-refractivity contribution in [2.45, 2.75) is 13.0 Å². The zero-order valence-corrected chi connectivity index (χ0v) is 15.9. The van der Waals surface area contributed by atoms with Gasteiger partial charge in [0.15, 0.2) is 0 Å². The Morgan fingerprint density at radius 3 is 2.33 bits per heavy atom. The van der Waals surface area contributed by atoms with Gasteiger partial charge < -0.3 is 14.7 Å². The molecule has 1 aliphatic heterocycles. The fourth-order valence-electron chi connectivity index (χ4n) is 3.16. The predicted octanol–water partition coefficient (Wildman–Crippen LogP) is 3.72. The molecule has 1 saturated heterocycles. The Bertz CT molecular complexity index is 887. The zero-order valence-electron chi connectivity index (χ0n) is 15.1. The maximum atomic E-state index is 12.7. The zero-order chi connectivity index (χ0) is 19.6. The van der Waals surface area contributed by atoms with Crippen molar-refractivity contribution in [3.63, 3.8) is 0 Å². The van der Waals surface area contributed by atoms with Crippen LogP contribution in [0, 0.1) is 6.92 Å². The normalized spacial score (nSPS) is 18.9. The van der Waals surface area contributed by atoms with E-state index in [0.717, 1.165) is 11.1 Å². The Morgan fingerprint density at radius 2 is 1.74 bits per heavy atom. The van der Waals surface area contributed by atoms with Gasteiger partial charge in [-0.25, -0.2) is 0 Å². The number of rotatable bonds is 5. The molecule has 0 unspecified atom stereocenters. The molecule has 2 aromatic carbocycles. The molecule has 0 spiro atoms. The largest absolute Gasteiger partial charge is 0.507 e. The van der Waals surface area contributed by atoms with Crippen LogP contribution >= 0.6 is 11.6 Å². The van der Waals surface area contributed by atoms with Crippen molar-refractivity contribution in [1.82, 2.24) is 4.90 Å². The first kappa shape index (κ1) is 19.1. The number of hydrogen-bond acceptors (Lipinski definition) is 4. The van der Waals surface area contributed by atoms with Gasteiger partial charge in [-0.05, 0) is 36.8 Å². The van der Waals surface area contributed by atoms with Crippen LogP contribution in [0.1, 0.15) is 22.7 Å². The molecule has 27 heavy (non-hydrogen) atoms. The van der Waals surface area contributed by atoms with Crippen LogP contribution in [-0.2, 0) is 14.3 Å². The van der Waals surface area contributed by atoms with E-state index in [4.69, 9.17) is 16.3 Å². The van der Waals surface area contributed by atoms with E-state index >= 15 is 0 Å². The Balaban J connectivity index is 2.14. The van der Waals surface area contributed by atoms with Gasteiger partial charge in [-0.2, -0.15) is 0 Å². The fourth-order valence-corrected chi connectivity index (χ4v) is 3.28. The molecule has 1 amide bonds. The monoisotopic (exact) mass is 385 g/mol. The number of halogens is 1. The van der Waals surface area contributed by atoms with Gasteiger partial charge in [0.05, 0.1) is 18.2 Å². The Hall–Kier alpha value is -2.63. The number of likely N-dealkylation sites (tertiary alicyclic amines) is 1. The molecule has 1 aliphatic rings. The number of ketones is 1. The second-order valence-corrected chi connectivity index (χ2v) is 6.84. The Labute approximate surface area is 162 Å². The Kier molecular flexibility index (Phi) is 5.63. The SMILES string of the molecule is COCCN1C(=O)C(=O)/C(=C(/O)c2ccc(Cl)cc2)[C@@H]1c1ccc(C)cc1. The van der Waals surface area contributed by atoms with Crippen molar-refractivity contribution < 1.29 is 19.4 Å². The summed E-state index contributed by atoms with van der Waals surface area (Å²) in [5, 5.41) is 11.4. The summed E-state index contributed by atoms with van der Waals surface area (Å²) in [5.41, 5.74) is 2.32. The molecule has 5 nitrogen and oxygen atoms in total. The highest BCUT2D eigenvalue weighted by Crippen LogP contribution is 2.39. The summed E-state index contributed by atoms with van der Waals surface area (Å²) in [4.78, 5) is 26.8. The number of Topliss-reactive ketones (excluding diaryl/α,β-unsaturated/α-hetero) is 1. The maximum Gasteiger partial charge on any atom is 0.295 e. The smallest absolute Gasteiger partial charge is 0.295 e. The van der Waals surface area contributed by atoms with E-state index in [-0.39, 0.29) is 24.5 Å². The first-order valence-electron chi connectivity index (χ1n) is 8.54. The molecule has 0 radical (unpaired) electrons. The lowest BCUT2D eigenvalue weighted by Crippen LogP contribution is -2.32. The van der Waals surface area contributed by atoms with E-state index in [9.17, 15) is 14.7 Å². The van der Waals surface area contributed by atoms with Crippen molar-refractivity contribution in [3.05, 3.63) is 75.8 Å². The molecule has 0 bridgehead atoms. The van der Waals surface area contributed by atoms with Gasteiger partial charge >= 0.3 is 0 Å². The van der Waals surface area contributed by atoms with Gasteiger partial charge in [-0.1, -0.05) is 41.4 Å². The standard InChI is InChI=1S/C21H20ClNO4/c1-13-3-5-14(6-4-13)18-17(19(24)15-7-9-16(22)10-8-15)20(25)21(26)23(18)11-12-27-2/h3-10,18,24H,11-12H2,1-2H3/b19-17+/t18-/m0/s1. The summed E-state index contributed by atoms with van der Waals surface area (Å²) in [5.74, 6) is -1.56. The van der Waals surface area contributed by atoms with E-state index in [0.29, 0.717) is 10.6 Å². The van der Waals surface area contributed by atoms with Gasteiger partial charge in [0.1, 0.15) is 5.76 Å². The van der Waals surface area contributed by atoms with Gasteiger partial charge in [0.25, 0.3) is 11.7 Å². The van der Waals surface area contributed by atoms with E-state index in [2.05, 4.69) is 0 Å². The summed E-state index contributed by atoms with van der Waals surface area (Å²) in [6.07, 6.45) is 0. The molecule has 1 N–H and O–H groups in total. The van der Waals surface area contributed by atoms with Crippen molar-refractivity contribution in [3.8, 4) is 0 Å². The van der Waals surface area contributed by atoms with E-state index in [1.807, 2.05) is 31.2 Å². The molecule has 1 fully saturated rings. The third kappa shape index (κ3) is 3.75. The lowest BCUT2D eigenvalue weighted by atomic mass is 9.95. The topological polar surface area (TPSA) is 66.8 Å². The number of aliphatic hydroxyl groups is 1. The molecular weight excluding hydrogens is 366 g/mol. The quantitative estimate of drug-likeness (QED) is 0.484. The van der Waals surface area contributed by atoms with Crippen LogP contribution in [0.2, 0.25) is 5.02 Å².